The number of nitrogens with two attached hydrogens (primary N) is 1. The summed E-state index contributed by atoms with van der Waals surface area (Å²) in [5, 5.41) is 0. The molecule has 0 saturated carbocycles. The van der Waals surface area contributed by atoms with E-state index in [0.29, 0.717) is 17.4 Å². The molecule has 1 fully saturated rings. The summed E-state index contributed by atoms with van der Waals surface area (Å²) in [5.74, 6) is 5.84. The minimum atomic E-state index is 0.0235. The second-order valence-corrected chi connectivity index (χ2v) is 4.25. The molecular formula is C12H18N4O. The average molecular weight is 234 g/mol. The summed E-state index contributed by atoms with van der Waals surface area (Å²) in [6.45, 7) is 2.94. The van der Waals surface area contributed by atoms with Crippen LogP contribution >= 0.6 is 0 Å². The van der Waals surface area contributed by atoms with Crippen LogP contribution in [-0.4, -0.2) is 28.4 Å². The highest BCUT2D eigenvalue weighted by molar-refractivity contribution is 5.98. The van der Waals surface area contributed by atoms with Gasteiger partial charge in [0.2, 0.25) is 0 Å². The van der Waals surface area contributed by atoms with Gasteiger partial charge in [0.15, 0.2) is 5.82 Å². The number of rotatable bonds is 3. The third-order valence-corrected chi connectivity index (χ3v) is 3.28. The Morgan fingerprint density at radius 1 is 1.71 bits per heavy atom. The van der Waals surface area contributed by atoms with Crippen molar-refractivity contribution in [2.75, 3.05) is 12.0 Å². The highest BCUT2D eigenvalue weighted by Crippen LogP contribution is 2.23. The Morgan fingerprint density at radius 3 is 3.24 bits per heavy atom. The van der Waals surface area contributed by atoms with Crippen LogP contribution < -0.4 is 11.3 Å². The summed E-state index contributed by atoms with van der Waals surface area (Å²) in [6.07, 6.45) is 4.79. The topological polar surface area (TPSA) is 71.2 Å². The maximum Gasteiger partial charge on any atom is 0.257 e. The smallest absolute Gasteiger partial charge is 0.257 e. The van der Waals surface area contributed by atoms with Crippen LogP contribution in [0.25, 0.3) is 0 Å². The van der Waals surface area contributed by atoms with Gasteiger partial charge in [-0.05, 0) is 31.4 Å². The van der Waals surface area contributed by atoms with Crippen LogP contribution in [0.2, 0.25) is 0 Å². The number of nitrogens with zero attached hydrogens (tertiary/aromatic N) is 2. The van der Waals surface area contributed by atoms with Gasteiger partial charge >= 0.3 is 0 Å². The summed E-state index contributed by atoms with van der Waals surface area (Å²) >= 11 is 0. The Bertz CT molecular complexity index is 407. The Hall–Kier alpha value is -1.62. The van der Waals surface area contributed by atoms with Gasteiger partial charge in [0.25, 0.3) is 5.91 Å². The molecule has 2 rings (SSSR count). The number of anilines is 1. The lowest BCUT2D eigenvalue weighted by atomic mass is 10.1. The number of pyridine rings is 1. The van der Waals surface area contributed by atoms with E-state index >= 15 is 0 Å². The van der Waals surface area contributed by atoms with Crippen LogP contribution in [0.4, 0.5) is 5.82 Å². The molecule has 1 unspecified atom stereocenters. The zero-order chi connectivity index (χ0) is 12.3. The Morgan fingerprint density at radius 2 is 2.53 bits per heavy atom. The molecule has 2 heterocycles. The van der Waals surface area contributed by atoms with E-state index in [-0.39, 0.29) is 5.91 Å². The first kappa shape index (κ1) is 11.9. The fraction of sp³-hybridized carbons (Fsp3) is 0.500. The second kappa shape index (κ2) is 5.14. The zero-order valence-corrected chi connectivity index (χ0v) is 10.0. The number of hydrogen-bond acceptors (Lipinski definition) is 4. The van der Waals surface area contributed by atoms with Crippen LogP contribution in [0.1, 0.15) is 36.5 Å². The average Bonchev–Trinajstić information content (AvgIpc) is 2.86. The summed E-state index contributed by atoms with van der Waals surface area (Å²) in [6, 6.07) is 3.87. The number of hydrogen-bond donors (Lipinski definition) is 2. The Balaban J connectivity index is 2.24. The number of aromatic nitrogens is 1. The monoisotopic (exact) mass is 234 g/mol. The zero-order valence-electron chi connectivity index (χ0n) is 10.0. The predicted octanol–water partition coefficient (Wildman–Crippen LogP) is 1.38. The molecule has 92 valence electrons. The first-order valence-corrected chi connectivity index (χ1v) is 6.00. The van der Waals surface area contributed by atoms with Crippen molar-refractivity contribution in [3.05, 3.63) is 23.9 Å². The number of carbonyl (C=O) groups excluding carboxylic acids is 1. The fourth-order valence-corrected chi connectivity index (χ4v) is 2.38. The molecule has 1 aromatic rings. The van der Waals surface area contributed by atoms with E-state index in [4.69, 9.17) is 5.84 Å². The summed E-state index contributed by atoms with van der Waals surface area (Å²) in [7, 11) is 0. The lowest BCUT2D eigenvalue weighted by Crippen LogP contribution is -2.35. The van der Waals surface area contributed by atoms with Crippen molar-refractivity contribution in [2.24, 2.45) is 5.84 Å². The van der Waals surface area contributed by atoms with Gasteiger partial charge in [0.05, 0.1) is 5.56 Å². The van der Waals surface area contributed by atoms with E-state index in [0.717, 1.165) is 25.8 Å². The second-order valence-electron chi connectivity index (χ2n) is 4.25. The molecule has 5 nitrogen and oxygen atoms in total. The number of amides is 1. The first-order chi connectivity index (χ1) is 8.27. The number of hydrazine groups is 1. The first-order valence-electron chi connectivity index (χ1n) is 6.00. The van der Waals surface area contributed by atoms with E-state index in [1.807, 2.05) is 4.90 Å². The summed E-state index contributed by atoms with van der Waals surface area (Å²) in [5.41, 5.74) is 3.03. The Kier molecular flexibility index (Phi) is 3.58. The molecule has 1 atom stereocenters. The molecule has 1 aliphatic rings. The van der Waals surface area contributed by atoms with Crippen LogP contribution in [0.5, 0.6) is 0 Å². The van der Waals surface area contributed by atoms with Gasteiger partial charge in [0, 0.05) is 18.8 Å². The van der Waals surface area contributed by atoms with Crippen molar-refractivity contribution < 1.29 is 4.79 Å². The molecule has 0 spiro atoms. The number of likely N-dealkylation sites (tertiary alicyclic amines) is 1. The number of nitrogens with one attached hydrogen (secondary N) is 1. The van der Waals surface area contributed by atoms with Gasteiger partial charge in [-0.1, -0.05) is 6.92 Å². The van der Waals surface area contributed by atoms with Gasteiger partial charge in [-0.15, -0.1) is 0 Å². The Labute approximate surface area is 101 Å². The molecule has 17 heavy (non-hydrogen) atoms. The molecule has 1 aliphatic heterocycles. The standard InChI is InChI=1S/C12H18N4O/c1-2-9-5-4-8-16(9)12(17)10-6-3-7-14-11(10)15-13/h3,6-7,9H,2,4-5,8,13H2,1H3,(H,14,15). The minimum Gasteiger partial charge on any atom is -0.336 e. The molecular weight excluding hydrogens is 216 g/mol. The minimum absolute atomic E-state index is 0.0235. The molecule has 1 aromatic heterocycles. The van der Waals surface area contributed by atoms with Gasteiger partial charge in [-0.3, -0.25) is 4.79 Å². The highest BCUT2D eigenvalue weighted by Gasteiger charge is 2.29. The molecule has 1 amide bonds. The number of nitrogen functional groups attached to an aromatic ring is 1. The van der Waals surface area contributed by atoms with Crippen molar-refractivity contribution in [3.63, 3.8) is 0 Å². The lowest BCUT2D eigenvalue weighted by molar-refractivity contribution is 0.0734. The maximum absolute atomic E-state index is 12.4. The molecule has 5 heteroatoms. The van der Waals surface area contributed by atoms with Crippen LogP contribution in [-0.2, 0) is 0 Å². The fourth-order valence-electron chi connectivity index (χ4n) is 2.38. The third kappa shape index (κ3) is 2.24. The van der Waals surface area contributed by atoms with Crippen molar-refractivity contribution >= 4 is 11.7 Å². The van der Waals surface area contributed by atoms with Gasteiger partial charge in [-0.2, -0.15) is 0 Å². The third-order valence-electron chi connectivity index (χ3n) is 3.28. The maximum atomic E-state index is 12.4. The largest absolute Gasteiger partial charge is 0.336 e. The van der Waals surface area contributed by atoms with E-state index < -0.39 is 0 Å². The molecule has 3 N–H and O–H groups in total. The van der Waals surface area contributed by atoms with Crippen molar-refractivity contribution in [3.8, 4) is 0 Å². The van der Waals surface area contributed by atoms with E-state index in [1.54, 1.807) is 18.3 Å². The van der Waals surface area contributed by atoms with Crippen molar-refractivity contribution in [1.82, 2.24) is 9.88 Å². The van der Waals surface area contributed by atoms with Crippen LogP contribution in [0.3, 0.4) is 0 Å². The molecule has 0 radical (unpaired) electrons. The van der Waals surface area contributed by atoms with Gasteiger partial charge in [-0.25, -0.2) is 10.8 Å². The predicted molar refractivity (Wildman–Crippen MR) is 66.4 cm³/mol. The molecule has 0 aromatic carbocycles. The van der Waals surface area contributed by atoms with E-state index in [9.17, 15) is 4.79 Å². The SMILES string of the molecule is CCC1CCCN1C(=O)c1cccnc1NN. The van der Waals surface area contributed by atoms with E-state index in [2.05, 4.69) is 17.3 Å². The molecule has 0 bridgehead atoms. The summed E-state index contributed by atoms with van der Waals surface area (Å²) in [4.78, 5) is 18.4. The van der Waals surface area contributed by atoms with E-state index in [1.165, 1.54) is 0 Å². The summed E-state index contributed by atoms with van der Waals surface area (Å²) < 4.78 is 0. The van der Waals surface area contributed by atoms with Gasteiger partial charge in [0.1, 0.15) is 0 Å². The molecule has 0 aliphatic carbocycles. The van der Waals surface area contributed by atoms with Crippen LogP contribution in [0.15, 0.2) is 18.3 Å². The lowest BCUT2D eigenvalue weighted by Gasteiger charge is -2.24. The normalized spacial score (nSPS) is 19.4. The number of carbonyl (C=O) groups is 1. The van der Waals surface area contributed by atoms with Crippen LogP contribution in [0, 0.1) is 0 Å². The highest BCUT2D eigenvalue weighted by atomic mass is 16.2. The molecule has 1 saturated heterocycles. The van der Waals surface area contributed by atoms with Gasteiger partial charge < -0.3 is 10.3 Å². The quantitative estimate of drug-likeness (QED) is 0.612. The van der Waals surface area contributed by atoms with Crippen molar-refractivity contribution in [1.29, 1.82) is 0 Å². The van der Waals surface area contributed by atoms with Crippen molar-refractivity contribution in [2.45, 2.75) is 32.2 Å².